The molecule has 8 nitrogen and oxygen atoms in total. The maximum atomic E-state index is 11.3. The third-order valence-electron chi connectivity index (χ3n) is 3.95. The van der Waals surface area contributed by atoms with Crippen LogP contribution in [0, 0.1) is 0 Å². The van der Waals surface area contributed by atoms with Gasteiger partial charge >= 0.3 is 0 Å². The van der Waals surface area contributed by atoms with Gasteiger partial charge in [-0.05, 0) is 42.3 Å². The van der Waals surface area contributed by atoms with Gasteiger partial charge in [0.15, 0.2) is 0 Å². The number of methoxy groups -OCH3 is 1. The van der Waals surface area contributed by atoms with Crippen molar-refractivity contribution in [3.05, 3.63) is 66.4 Å². The highest BCUT2D eigenvalue weighted by atomic mass is 32.2. The lowest BCUT2D eigenvalue weighted by molar-refractivity contribution is 0.415. The average molecular weight is 399 g/mol. The van der Waals surface area contributed by atoms with E-state index in [2.05, 4.69) is 20.6 Å². The molecular formula is C19H21N5O3S. The summed E-state index contributed by atoms with van der Waals surface area (Å²) in [4.78, 5) is 8.75. The number of nitrogens with zero attached hydrogens (tertiary/aromatic N) is 2. The Morgan fingerprint density at radius 3 is 2.61 bits per heavy atom. The summed E-state index contributed by atoms with van der Waals surface area (Å²) in [7, 11) is -2.05. The van der Waals surface area contributed by atoms with Crippen molar-refractivity contribution in [2.45, 2.75) is 11.3 Å². The largest absolute Gasteiger partial charge is 0.497 e. The molecule has 0 fully saturated rings. The van der Waals surface area contributed by atoms with Crippen molar-refractivity contribution >= 4 is 27.5 Å². The van der Waals surface area contributed by atoms with Crippen LogP contribution < -0.4 is 20.5 Å². The molecule has 0 aliphatic carbocycles. The van der Waals surface area contributed by atoms with Gasteiger partial charge in [-0.25, -0.2) is 18.5 Å². The van der Waals surface area contributed by atoms with Gasteiger partial charge in [0.25, 0.3) is 0 Å². The summed E-state index contributed by atoms with van der Waals surface area (Å²) in [6.07, 6.45) is 2.37. The van der Waals surface area contributed by atoms with Crippen LogP contribution in [-0.4, -0.2) is 32.0 Å². The Kier molecular flexibility index (Phi) is 6.07. The van der Waals surface area contributed by atoms with Crippen LogP contribution in [0.5, 0.6) is 5.75 Å². The molecule has 9 heteroatoms. The van der Waals surface area contributed by atoms with Gasteiger partial charge in [-0.1, -0.05) is 18.2 Å². The second kappa shape index (κ2) is 8.68. The van der Waals surface area contributed by atoms with Crippen LogP contribution in [0.3, 0.4) is 0 Å². The molecule has 0 radical (unpaired) electrons. The number of primary sulfonamides is 1. The number of hydrogen-bond acceptors (Lipinski definition) is 7. The van der Waals surface area contributed by atoms with Crippen LogP contribution in [-0.2, 0) is 16.4 Å². The van der Waals surface area contributed by atoms with Crippen LogP contribution in [0.2, 0.25) is 0 Å². The van der Waals surface area contributed by atoms with E-state index in [0.717, 1.165) is 17.0 Å². The first kappa shape index (κ1) is 19.6. The topological polar surface area (TPSA) is 119 Å². The second-order valence-electron chi connectivity index (χ2n) is 5.99. The number of nitrogens with one attached hydrogen (secondary N) is 2. The Hall–Kier alpha value is -3.17. The minimum Gasteiger partial charge on any atom is -0.497 e. The molecule has 1 aromatic heterocycles. The van der Waals surface area contributed by atoms with E-state index in [4.69, 9.17) is 9.88 Å². The van der Waals surface area contributed by atoms with Gasteiger partial charge in [-0.2, -0.15) is 4.98 Å². The molecule has 0 saturated heterocycles. The van der Waals surface area contributed by atoms with E-state index >= 15 is 0 Å². The standard InChI is InChI=1S/C19H21N5O3S/c1-27-16-4-2-3-15(13-16)23-19-22-12-10-18(24-19)21-11-9-14-5-7-17(8-6-14)28(20,25)26/h2-8,10,12-13H,9,11H2,1H3,(H2,20,25,26)(H2,21,22,23,24). The molecule has 0 amide bonds. The Morgan fingerprint density at radius 2 is 1.89 bits per heavy atom. The maximum absolute atomic E-state index is 11.3. The second-order valence-corrected chi connectivity index (χ2v) is 7.55. The molecule has 1 heterocycles. The number of benzene rings is 2. The van der Waals surface area contributed by atoms with E-state index in [9.17, 15) is 8.42 Å². The summed E-state index contributed by atoms with van der Waals surface area (Å²) in [5.74, 6) is 1.89. The first-order valence-electron chi connectivity index (χ1n) is 8.54. The lowest BCUT2D eigenvalue weighted by Crippen LogP contribution is -2.12. The Labute approximate surface area is 163 Å². The van der Waals surface area contributed by atoms with Gasteiger partial charge in [0.2, 0.25) is 16.0 Å². The van der Waals surface area contributed by atoms with Gasteiger partial charge in [0.05, 0.1) is 12.0 Å². The van der Waals surface area contributed by atoms with Crippen molar-refractivity contribution in [2.24, 2.45) is 5.14 Å². The van der Waals surface area contributed by atoms with Crippen LogP contribution in [0.25, 0.3) is 0 Å². The highest BCUT2D eigenvalue weighted by Crippen LogP contribution is 2.20. The molecule has 0 aliphatic heterocycles. The zero-order valence-corrected chi connectivity index (χ0v) is 16.1. The predicted octanol–water partition coefficient (Wildman–Crippen LogP) is 2.53. The molecule has 0 saturated carbocycles. The number of ether oxygens (including phenoxy) is 1. The van der Waals surface area contributed by atoms with E-state index in [-0.39, 0.29) is 4.90 Å². The van der Waals surface area contributed by atoms with Crippen LogP contribution >= 0.6 is 0 Å². The fourth-order valence-corrected chi connectivity index (χ4v) is 3.04. The molecule has 0 aliphatic rings. The minimum atomic E-state index is -3.67. The normalized spacial score (nSPS) is 11.1. The summed E-state index contributed by atoms with van der Waals surface area (Å²) in [6, 6.07) is 15.8. The van der Waals surface area contributed by atoms with Crippen molar-refractivity contribution < 1.29 is 13.2 Å². The Morgan fingerprint density at radius 1 is 1.11 bits per heavy atom. The van der Waals surface area contributed by atoms with E-state index in [0.29, 0.717) is 24.7 Å². The smallest absolute Gasteiger partial charge is 0.238 e. The van der Waals surface area contributed by atoms with Crippen molar-refractivity contribution in [3.63, 3.8) is 0 Å². The number of sulfonamides is 1. The molecule has 0 bridgehead atoms. The number of aromatic nitrogens is 2. The molecule has 3 rings (SSSR count). The van der Waals surface area contributed by atoms with E-state index < -0.39 is 10.0 Å². The van der Waals surface area contributed by atoms with E-state index in [1.807, 2.05) is 24.3 Å². The third kappa shape index (κ3) is 5.41. The van der Waals surface area contributed by atoms with Gasteiger partial charge in [-0.15, -0.1) is 0 Å². The van der Waals surface area contributed by atoms with Gasteiger partial charge in [-0.3, -0.25) is 0 Å². The summed E-state index contributed by atoms with van der Waals surface area (Å²) < 4.78 is 27.8. The maximum Gasteiger partial charge on any atom is 0.238 e. The molecule has 146 valence electrons. The highest BCUT2D eigenvalue weighted by Gasteiger charge is 2.07. The first-order valence-corrected chi connectivity index (χ1v) is 10.1. The van der Waals surface area contributed by atoms with Crippen LogP contribution in [0.1, 0.15) is 5.56 Å². The van der Waals surface area contributed by atoms with Crippen LogP contribution in [0.15, 0.2) is 65.7 Å². The zero-order chi connectivity index (χ0) is 20.0. The number of anilines is 3. The van der Waals surface area contributed by atoms with Crippen molar-refractivity contribution in [2.75, 3.05) is 24.3 Å². The molecule has 0 atom stereocenters. The van der Waals surface area contributed by atoms with E-state index in [1.54, 1.807) is 31.5 Å². The molecular weight excluding hydrogens is 378 g/mol. The monoisotopic (exact) mass is 399 g/mol. The molecule has 4 N–H and O–H groups in total. The average Bonchev–Trinajstić information content (AvgIpc) is 2.68. The molecule has 0 spiro atoms. The lowest BCUT2D eigenvalue weighted by atomic mass is 10.1. The number of rotatable bonds is 8. The van der Waals surface area contributed by atoms with Gasteiger partial charge in [0.1, 0.15) is 11.6 Å². The van der Waals surface area contributed by atoms with Gasteiger partial charge in [0, 0.05) is 24.5 Å². The summed E-state index contributed by atoms with van der Waals surface area (Å²) in [5.41, 5.74) is 1.81. The first-order chi connectivity index (χ1) is 13.4. The predicted molar refractivity (Wildman–Crippen MR) is 108 cm³/mol. The third-order valence-corrected chi connectivity index (χ3v) is 4.88. The fourth-order valence-electron chi connectivity index (χ4n) is 2.53. The summed E-state index contributed by atoms with van der Waals surface area (Å²) in [6.45, 7) is 0.629. The van der Waals surface area contributed by atoms with Crippen molar-refractivity contribution in [3.8, 4) is 5.75 Å². The molecule has 28 heavy (non-hydrogen) atoms. The SMILES string of the molecule is COc1cccc(Nc2nccc(NCCc3ccc(S(N)(=O)=O)cc3)n2)c1. The summed E-state index contributed by atoms with van der Waals surface area (Å²) in [5, 5.41) is 11.5. The Balaban J connectivity index is 1.57. The molecule has 2 aromatic carbocycles. The fraction of sp³-hybridized carbons (Fsp3) is 0.158. The van der Waals surface area contributed by atoms with E-state index in [1.165, 1.54) is 12.1 Å². The molecule has 0 unspecified atom stereocenters. The minimum absolute atomic E-state index is 0.105. The van der Waals surface area contributed by atoms with Crippen molar-refractivity contribution in [1.29, 1.82) is 0 Å². The highest BCUT2D eigenvalue weighted by molar-refractivity contribution is 7.89. The number of nitrogens with two attached hydrogens (primary N) is 1. The quantitative estimate of drug-likeness (QED) is 0.532. The molecule has 3 aromatic rings. The lowest BCUT2D eigenvalue weighted by Gasteiger charge is -2.09. The number of hydrogen-bond donors (Lipinski definition) is 3. The van der Waals surface area contributed by atoms with Crippen LogP contribution in [0.4, 0.5) is 17.5 Å². The Bertz CT molecular complexity index is 1040. The van der Waals surface area contributed by atoms with Gasteiger partial charge < -0.3 is 15.4 Å². The van der Waals surface area contributed by atoms with Crippen molar-refractivity contribution in [1.82, 2.24) is 9.97 Å². The summed E-state index contributed by atoms with van der Waals surface area (Å²) >= 11 is 0. The zero-order valence-electron chi connectivity index (χ0n) is 15.3.